The third kappa shape index (κ3) is 2.21. The molecule has 1 aromatic carbocycles. The summed E-state index contributed by atoms with van der Waals surface area (Å²) in [6, 6.07) is 8.10. The van der Waals surface area contributed by atoms with E-state index in [1.54, 1.807) is 28.5 Å². The second-order valence-corrected chi connectivity index (χ2v) is 5.39. The quantitative estimate of drug-likeness (QED) is 0.728. The maximum Gasteiger partial charge on any atom is 0.276 e. The number of nitrogens with zero attached hydrogens (tertiary/aromatic N) is 3. The van der Waals surface area contributed by atoms with Gasteiger partial charge in [-0.05, 0) is 17.7 Å². The Balaban J connectivity index is 2.07. The van der Waals surface area contributed by atoms with E-state index in [9.17, 15) is 4.79 Å². The molecular weight excluding hydrogens is 306 g/mol. The summed E-state index contributed by atoms with van der Waals surface area (Å²) in [6.45, 7) is 0. The molecule has 3 rings (SSSR count). The van der Waals surface area contributed by atoms with Crippen LogP contribution < -0.4 is 5.56 Å². The van der Waals surface area contributed by atoms with Crippen LogP contribution in [-0.2, 0) is 13.5 Å². The fourth-order valence-electron chi connectivity index (χ4n) is 2.10. The molecule has 0 atom stereocenters. The highest BCUT2D eigenvalue weighted by atomic mass is 79.9. The van der Waals surface area contributed by atoms with E-state index in [1.807, 2.05) is 30.5 Å². The van der Waals surface area contributed by atoms with Crippen LogP contribution in [0.15, 0.2) is 52.3 Å². The molecule has 0 aliphatic heterocycles. The Morgan fingerprint density at radius 3 is 2.74 bits per heavy atom. The first-order chi connectivity index (χ1) is 9.15. The minimum absolute atomic E-state index is 0.0212. The summed E-state index contributed by atoms with van der Waals surface area (Å²) < 4.78 is 4.51. The van der Waals surface area contributed by atoms with E-state index in [-0.39, 0.29) is 5.56 Å². The number of halogens is 1. The van der Waals surface area contributed by atoms with Gasteiger partial charge in [-0.1, -0.05) is 28.1 Å². The summed E-state index contributed by atoms with van der Waals surface area (Å²) in [7, 11) is 1.80. The zero-order chi connectivity index (χ0) is 13.4. The molecular formula is C14H12BrN3O. The Bertz CT molecular complexity index is 787. The molecule has 0 unspecified atom stereocenters. The Labute approximate surface area is 118 Å². The molecule has 2 heterocycles. The van der Waals surface area contributed by atoms with Crippen LogP contribution in [-0.4, -0.2) is 14.0 Å². The molecule has 0 bridgehead atoms. The molecule has 19 heavy (non-hydrogen) atoms. The van der Waals surface area contributed by atoms with Crippen molar-refractivity contribution >= 4 is 21.4 Å². The largest absolute Gasteiger partial charge is 0.312 e. The lowest BCUT2D eigenvalue weighted by Gasteiger charge is -2.09. The molecule has 4 nitrogen and oxygen atoms in total. The van der Waals surface area contributed by atoms with Crippen molar-refractivity contribution in [1.82, 2.24) is 14.0 Å². The van der Waals surface area contributed by atoms with Crippen LogP contribution in [0.25, 0.3) is 5.52 Å². The van der Waals surface area contributed by atoms with E-state index < -0.39 is 0 Å². The first-order valence-electron chi connectivity index (χ1n) is 5.90. The van der Waals surface area contributed by atoms with E-state index in [2.05, 4.69) is 20.9 Å². The second kappa shape index (κ2) is 4.66. The highest BCUT2D eigenvalue weighted by Crippen LogP contribution is 2.13. The van der Waals surface area contributed by atoms with Crippen molar-refractivity contribution in [3.05, 3.63) is 69.1 Å². The zero-order valence-electron chi connectivity index (χ0n) is 10.4. The minimum Gasteiger partial charge on any atom is -0.312 e. The van der Waals surface area contributed by atoms with Crippen LogP contribution in [0.2, 0.25) is 0 Å². The Morgan fingerprint density at radius 2 is 2.00 bits per heavy atom. The standard InChI is InChI=1S/C14H12BrN3O/c1-17-12(6-10-2-4-11(15)5-3-10)8-18-9-16-7-13(18)14(17)19/h2-5,7-9H,6H2,1H3. The monoisotopic (exact) mass is 317 g/mol. The number of rotatable bonds is 2. The predicted octanol–water partition coefficient (Wildman–Crippen LogP) is 2.39. The van der Waals surface area contributed by atoms with Gasteiger partial charge >= 0.3 is 0 Å². The lowest BCUT2D eigenvalue weighted by molar-refractivity contribution is 0.778. The molecule has 0 fully saturated rings. The maximum atomic E-state index is 12.1. The molecule has 0 aliphatic carbocycles. The van der Waals surface area contributed by atoms with Gasteiger partial charge in [0.05, 0.1) is 12.5 Å². The number of fused-ring (bicyclic) bond motifs is 1. The van der Waals surface area contributed by atoms with Gasteiger partial charge in [0.15, 0.2) is 0 Å². The molecule has 0 amide bonds. The first-order valence-corrected chi connectivity index (χ1v) is 6.69. The Morgan fingerprint density at radius 1 is 1.26 bits per heavy atom. The third-order valence-electron chi connectivity index (χ3n) is 3.21. The second-order valence-electron chi connectivity index (χ2n) is 4.47. The summed E-state index contributed by atoms with van der Waals surface area (Å²) >= 11 is 3.42. The SMILES string of the molecule is Cn1c(Cc2ccc(Br)cc2)cn2cncc2c1=O. The summed E-state index contributed by atoms with van der Waals surface area (Å²) in [5, 5.41) is 0. The van der Waals surface area contributed by atoms with Gasteiger partial charge in [0.1, 0.15) is 5.52 Å². The van der Waals surface area contributed by atoms with Crippen molar-refractivity contribution in [2.75, 3.05) is 0 Å². The number of hydrogen-bond donors (Lipinski definition) is 0. The fourth-order valence-corrected chi connectivity index (χ4v) is 2.36. The molecule has 0 N–H and O–H groups in total. The maximum absolute atomic E-state index is 12.1. The van der Waals surface area contributed by atoms with Crippen LogP contribution >= 0.6 is 15.9 Å². The third-order valence-corrected chi connectivity index (χ3v) is 3.74. The van der Waals surface area contributed by atoms with Gasteiger partial charge in [0.2, 0.25) is 0 Å². The van der Waals surface area contributed by atoms with Crippen molar-refractivity contribution in [3.63, 3.8) is 0 Å². The Kier molecular flexibility index (Phi) is 2.98. The summed E-state index contributed by atoms with van der Waals surface area (Å²) in [5.74, 6) is 0. The first kappa shape index (κ1) is 12.2. The fraction of sp³-hybridized carbons (Fsp3) is 0.143. The van der Waals surface area contributed by atoms with Crippen LogP contribution in [0.5, 0.6) is 0 Å². The number of aromatic nitrogens is 3. The molecule has 96 valence electrons. The van der Waals surface area contributed by atoms with Crippen molar-refractivity contribution in [2.45, 2.75) is 6.42 Å². The number of benzene rings is 1. The van der Waals surface area contributed by atoms with Gasteiger partial charge in [-0.2, -0.15) is 0 Å². The number of hydrogen-bond acceptors (Lipinski definition) is 2. The highest BCUT2D eigenvalue weighted by Gasteiger charge is 2.07. The topological polar surface area (TPSA) is 39.3 Å². The van der Waals surface area contributed by atoms with E-state index in [4.69, 9.17) is 0 Å². The molecule has 0 saturated carbocycles. The summed E-state index contributed by atoms with van der Waals surface area (Å²) in [5.41, 5.74) is 2.70. The molecule has 2 aromatic heterocycles. The smallest absolute Gasteiger partial charge is 0.276 e. The molecule has 0 aliphatic rings. The molecule has 0 spiro atoms. The van der Waals surface area contributed by atoms with Gasteiger partial charge in [-0.3, -0.25) is 9.20 Å². The van der Waals surface area contributed by atoms with E-state index in [0.29, 0.717) is 11.9 Å². The van der Waals surface area contributed by atoms with E-state index in [0.717, 1.165) is 15.7 Å². The van der Waals surface area contributed by atoms with Crippen molar-refractivity contribution in [2.24, 2.45) is 7.05 Å². The molecule has 0 saturated heterocycles. The van der Waals surface area contributed by atoms with Gasteiger partial charge < -0.3 is 4.57 Å². The summed E-state index contributed by atoms with van der Waals surface area (Å²) in [4.78, 5) is 16.2. The van der Waals surface area contributed by atoms with Crippen molar-refractivity contribution in [1.29, 1.82) is 0 Å². The van der Waals surface area contributed by atoms with Crippen LogP contribution in [0, 0.1) is 0 Å². The molecule has 0 radical (unpaired) electrons. The molecule has 5 heteroatoms. The lowest BCUT2D eigenvalue weighted by Crippen LogP contribution is -2.22. The lowest BCUT2D eigenvalue weighted by atomic mass is 10.1. The predicted molar refractivity (Wildman–Crippen MR) is 77.4 cm³/mol. The van der Waals surface area contributed by atoms with E-state index >= 15 is 0 Å². The van der Waals surface area contributed by atoms with Crippen LogP contribution in [0.1, 0.15) is 11.3 Å². The minimum atomic E-state index is -0.0212. The van der Waals surface area contributed by atoms with Gasteiger partial charge in [-0.15, -0.1) is 0 Å². The van der Waals surface area contributed by atoms with E-state index in [1.165, 1.54) is 0 Å². The molecule has 3 aromatic rings. The van der Waals surface area contributed by atoms with Crippen LogP contribution in [0.4, 0.5) is 0 Å². The highest BCUT2D eigenvalue weighted by molar-refractivity contribution is 9.10. The average Bonchev–Trinajstić information content (AvgIpc) is 2.86. The normalized spacial score (nSPS) is 11.1. The van der Waals surface area contributed by atoms with Gasteiger partial charge in [0.25, 0.3) is 5.56 Å². The zero-order valence-corrected chi connectivity index (χ0v) is 12.0. The van der Waals surface area contributed by atoms with Gasteiger partial charge in [0, 0.05) is 29.8 Å². The van der Waals surface area contributed by atoms with Crippen molar-refractivity contribution < 1.29 is 0 Å². The Hall–Kier alpha value is -1.88. The van der Waals surface area contributed by atoms with Crippen molar-refractivity contribution in [3.8, 4) is 0 Å². The summed E-state index contributed by atoms with van der Waals surface area (Å²) in [6.07, 6.45) is 5.91. The van der Waals surface area contributed by atoms with Crippen LogP contribution in [0.3, 0.4) is 0 Å². The van der Waals surface area contributed by atoms with Gasteiger partial charge in [-0.25, -0.2) is 4.98 Å². The number of imidazole rings is 1. The average molecular weight is 318 g/mol.